The topological polar surface area (TPSA) is 27.7 Å². The van der Waals surface area contributed by atoms with Gasteiger partial charge in [0.1, 0.15) is 5.75 Å². The zero-order valence-electron chi connectivity index (χ0n) is 12.2. The predicted octanol–water partition coefficient (Wildman–Crippen LogP) is 4.10. The number of allylic oxidation sites excluding steroid dienone is 1. The second-order valence-electron chi connectivity index (χ2n) is 5.09. The van der Waals surface area contributed by atoms with E-state index in [1.54, 1.807) is 0 Å². The van der Waals surface area contributed by atoms with Gasteiger partial charge in [0.15, 0.2) is 6.29 Å². The summed E-state index contributed by atoms with van der Waals surface area (Å²) in [5, 5.41) is 0. The van der Waals surface area contributed by atoms with Gasteiger partial charge >= 0.3 is 0 Å². The number of rotatable bonds is 7. The highest BCUT2D eigenvalue weighted by Gasteiger charge is 2.23. The van der Waals surface area contributed by atoms with E-state index < -0.39 is 0 Å². The van der Waals surface area contributed by atoms with Crippen LogP contribution in [0.1, 0.15) is 38.0 Å². The molecular formula is C17H24O3. The normalized spacial score (nSPS) is 22.4. The van der Waals surface area contributed by atoms with Gasteiger partial charge in [-0.25, -0.2) is 0 Å². The summed E-state index contributed by atoms with van der Waals surface area (Å²) in [4.78, 5) is 0. The van der Waals surface area contributed by atoms with Gasteiger partial charge in [-0.15, -0.1) is 6.58 Å². The molecule has 3 heteroatoms. The fraction of sp³-hybridized carbons (Fsp3) is 0.529. The quantitative estimate of drug-likeness (QED) is 0.554. The second kappa shape index (κ2) is 8.08. The number of ether oxygens (including phenoxy) is 3. The van der Waals surface area contributed by atoms with Gasteiger partial charge in [-0.3, -0.25) is 0 Å². The molecule has 0 spiro atoms. The lowest BCUT2D eigenvalue weighted by molar-refractivity contribution is -0.206. The minimum Gasteiger partial charge on any atom is -0.494 e. The van der Waals surface area contributed by atoms with Crippen molar-refractivity contribution in [2.75, 3.05) is 19.8 Å². The van der Waals surface area contributed by atoms with Crippen LogP contribution in [-0.2, 0) is 9.47 Å². The van der Waals surface area contributed by atoms with Gasteiger partial charge in [0.2, 0.25) is 0 Å². The maximum atomic E-state index is 5.82. The molecule has 0 atom stereocenters. The summed E-state index contributed by atoms with van der Waals surface area (Å²) in [6.45, 7) is 7.95. The van der Waals surface area contributed by atoms with E-state index in [1.807, 2.05) is 37.3 Å². The first kappa shape index (κ1) is 15.1. The molecule has 0 N–H and O–H groups in total. The first-order chi connectivity index (χ1) is 9.83. The molecule has 2 rings (SSSR count). The molecule has 1 aromatic rings. The van der Waals surface area contributed by atoms with Crippen LogP contribution in [0.2, 0.25) is 0 Å². The molecule has 0 unspecified atom stereocenters. The van der Waals surface area contributed by atoms with Crippen molar-refractivity contribution < 1.29 is 14.2 Å². The minimum absolute atomic E-state index is 0.235. The van der Waals surface area contributed by atoms with Crippen LogP contribution in [0.3, 0.4) is 0 Å². The third-order valence-electron chi connectivity index (χ3n) is 3.45. The van der Waals surface area contributed by atoms with Gasteiger partial charge in [-0.1, -0.05) is 18.2 Å². The lowest BCUT2D eigenvalue weighted by atomic mass is 10.0. The molecule has 0 radical (unpaired) electrons. The molecule has 0 saturated carbocycles. The van der Waals surface area contributed by atoms with Crippen molar-refractivity contribution in [1.82, 2.24) is 0 Å². The van der Waals surface area contributed by atoms with Crippen LogP contribution < -0.4 is 4.74 Å². The molecule has 1 fully saturated rings. The van der Waals surface area contributed by atoms with Crippen molar-refractivity contribution in [1.29, 1.82) is 0 Å². The highest BCUT2D eigenvalue weighted by Crippen LogP contribution is 2.28. The SMILES string of the molecule is C=CCCCC1COC(c2ccc(OCC)cc2)OC1. The summed E-state index contributed by atoms with van der Waals surface area (Å²) in [6, 6.07) is 7.94. The van der Waals surface area contributed by atoms with Crippen molar-refractivity contribution in [3.8, 4) is 5.75 Å². The zero-order chi connectivity index (χ0) is 14.2. The Bertz CT molecular complexity index is 391. The van der Waals surface area contributed by atoms with E-state index >= 15 is 0 Å². The number of unbranched alkanes of at least 4 members (excludes halogenated alkanes) is 1. The Morgan fingerprint density at radius 3 is 2.55 bits per heavy atom. The summed E-state index contributed by atoms with van der Waals surface area (Å²) in [5.74, 6) is 1.39. The molecule has 0 amide bonds. The lowest BCUT2D eigenvalue weighted by Crippen LogP contribution is -2.27. The average molecular weight is 276 g/mol. The number of benzene rings is 1. The molecule has 20 heavy (non-hydrogen) atoms. The van der Waals surface area contributed by atoms with Gasteiger partial charge in [-0.2, -0.15) is 0 Å². The molecule has 1 aliphatic heterocycles. The van der Waals surface area contributed by atoms with Crippen LogP contribution >= 0.6 is 0 Å². The van der Waals surface area contributed by atoms with Crippen LogP contribution in [0.5, 0.6) is 5.75 Å². The predicted molar refractivity (Wildman–Crippen MR) is 79.8 cm³/mol. The molecular weight excluding hydrogens is 252 g/mol. The molecule has 0 aromatic heterocycles. The number of hydrogen-bond donors (Lipinski definition) is 0. The minimum atomic E-state index is -0.235. The van der Waals surface area contributed by atoms with Crippen molar-refractivity contribution >= 4 is 0 Å². The highest BCUT2D eigenvalue weighted by atomic mass is 16.7. The van der Waals surface area contributed by atoms with Crippen LogP contribution in [0.15, 0.2) is 36.9 Å². The van der Waals surface area contributed by atoms with Crippen LogP contribution in [-0.4, -0.2) is 19.8 Å². The van der Waals surface area contributed by atoms with E-state index in [0.717, 1.165) is 43.8 Å². The summed E-state index contributed by atoms with van der Waals surface area (Å²) < 4.78 is 17.1. The third kappa shape index (κ3) is 4.36. The van der Waals surface area contributed by atoms with Gasteiger partial charge in [-0.05, 0) is 38.3 Å². The van der Waals surface area contributed by atoms with Gasteiger partial charge < -0.3 is 14.2 Å². The zero-order valence-corrected chi connectivity index (χ0v) is 12.2. The van der Waals surface area contributed by atoms with Crippen molar-refractivity contribution in [2.45, 2.75) is 32.5 Å². The Hall–Kier alpha value is -1.32. The second-order valence-corrected chi connectivity index (χ2v) is 5.09. The Morgan fingerprint density at radius 2 is 1.95 bits per heavy atom. The van der Waals surface area contributed by atoms with E-state index in [0.29, 0.717) is 12.5 Å². The molecule has 1 saturated heterocycles. The summed E-state index contributed by atoms with van der Waals surface area (Å²) in [5.41, 5.74) is 1.05. The highest BCUT2D eigenvalue weighted by molar-refractivity contribution is 5.28. The Kier molecular flexibility index (Phi) is 6.09. The third-order valence-corrected chi connectivity index (χ3v) is 3.45. The molecule has 0 bridgehead atoms. The molecule has 3 nitrogen and oxygen atoms in total. The molecule has 0 aliphatic carbocycles. The summed E-state index contributed by atoms with van der Waals surface area (Å²) in [6.07, 6.45) is 5.10. The van der Waals surface area contributed by atoms with E-state index in [4.69, 9.17) is 14.2 Å². The Labute approximate surface area is 121 Å². The fourth-order valence-electron chi connectivity index (χ4n) is 2.34. The van der Waals surface area contributed by atoms with E-state index in [1.165, 1.54) is 0 Å². The van der Waals surface area contributed by atoms with E-state index in [-0.39, 0.29) is 6.29 Å². The summed E-state index contributed by atoms with van der Waals surface area (Å²) in [7, 11) is 0. The fourth-order valence-corrected chi connectivity index (χ4v) is 2.34. The van der Waals surface area contributed by atoms with Gasteiger partial charge in [0.05, 0.1) is 19.8 Å². The van der Waals surface area contributed by atoms with Crippen LogP contribution in [0.25, 0.3) is 0 Å². The van der Waals surface area contributed by atoms with Crippen molar-refractivity contribution in [2.24, 2.45) is 5.92 Å². The molecule has 1 aromatic carbocycles. The molecule has 1 aliphatic rings. The smallest absolute Gasteiger partial charge is 0.183 e. The maximum absolute atomic E-state index is 5.82. The van der Waals surface area contributed by atoms with Crippen LogP contribution in [0, 0.1) is 5.92 Å². The largest absolute Gasteiger partial charge is 0.494 e. The lowest BCUT2D eigenvalue weighted by Gasteiger charge is -2.29. The maximum Gasteiger partial charge on any atom is 0.183 e. The first-order valence-corrected chi connectivity index (χ1v) is 7.40. The van der Waals surface area contributed by atoms with Crippen LogP contribution in [0.4, 0.5) is 0 Å². The Morgan fingerprint density at radius 1 is 1.25 bits per heavy atom. The van der Waals surface area contributed by atoms with E-state index in [9.17, 15) is 0 Å². The van der Waals surface area contributed by atoms with Gasteiger partial charge in [0, 0.05) is 11.5 Å². The molecule has 110 valence electrons. The Balaban J connectivity index is 1.79. The summed E-state index contributed by atoms with van der Waals surface area (Å²) >= 11 is 0. The standard InChI is InChI=1S/C17H24O3/c1-3-5-6-7-14-12-19-17(20-13-14)15-8-10-16(11-9-15)18-4-2/h3,8-11,14,17H,1,4-7,12-13H2,2H3. The van der Waals surface area contributed by atoms with E-state index in [2.05, 4.69) is 6.58 Å². The molecule has 1 heterocycles. The first-order valence-electron chi connectivity index (χ1n) is 7.40. The average Bonchev–Trinajstić information content (AvgIpc) is 2.49. The number of hydrogen-bond acceptors (Lipinski definition) is 3. The monoisotopic (exact) mass is 276 g/mol. The van der Waals surface area contributed by atoms with Gasteiger partial charge in [0.25, 0.3) is 0 Å². The van der Waals surface area contributed by atoms with Crippen molar-refractivity contribution in [3.05, 3.63) is 42.5 Å². The van der Waals surface area contributed by atoms with Crippen molar-refractivity contribution in [3.63, 3.8) is 0 Å².